The minimum Gasteiger partial charge on any atom is -0.309 e. The molecule has 76 heavy (non-hydrogen) atoms. The van der Waals surface area contributed by atoms with Crippen molar-refractivity contribution in [3.05, 3.63) is 296 Å². The Morgan fingerprint density at radius 3 is 1.30 bits per heavy atom. The molecule has 356 valence electrons. The molecule has 3 aromatic heterocycles. The molecule has 0 saturated heterocycles. The average Bonchev–Trinajstić information content (AvgIpc) is 1.67. The van der Waals surface area contributed by atoms with Gasteiger partial charge in [-0.05, 0) is 104 Å². The zero-order chi connectivity index (χ0) is 92.8. The Bertz CT molecular complexity index is 7480. The Morgan fingerprint density at radius 2 is 0.671 bits per heavy atom. The lowest BCUT2D eigenvalue weighted by Crippen LogP contribution is -2.74. The first-order valence-corrected chi connectivity index (χ1v) is 24.3. The van der Waals surface area contributed by atoms with E-state index in [1.165, 1.54) is 0 Å². The molecule has 0 fully saturated rings. The summed E-state index contributed by atoms with van der Waals surface area (Å²) in [5.74, 6) is 0. The molecule has 0 aliphatic rings. The average molecular weight is 1030 g/mol. The lowest BCUT2D eigenvalue weighted by molar-refractivity contribution is 1.16. The van der Waals surface area contributed by atoms with Gasteiger partial charge in [0.1, 0.15) is 0 Å². The molecule has 0 spiro atoms. The summed E-state index contributed by atoms with van der Waals surface area (Å²) in [6, 6.07) is -63.5. The van der Waals surface area contributed by atoms with Gasteiger partial charge >= 0.3 is 0 Å². The normalized spacial score (nSPS) is 21.0. The fourth-order valence-corrected chi connectivity index (χ4v) is 12.9. The highest BCUT2D eigenvalue weighted by Crippen LogP contribution is 2.41. The molecule has 0 saturated carbocycles. The van der Waals surface area contributed by atoms with Crippen molar-refractivity contribution in [2.45, 2.75) is 0 Å². The van der Waals surface area contributed by atoms with E-state index in [1.54, 1.807) is 0 Å². The van der Waals surface area contributed by atoms with E-state index < -0.39 is 430 Å². The lowest BCUT2D eigenvalue weighted by Gasteiger charge is -2.35. The van der Waals surface area contributed by atoms with E-state index >= 15 is 0 Å². The van der Waals surface area contributed by atoms with Crippen LogP contribution in [0.25, 0.3) is 105 Å². The van der Waals surface area contributed by atoms with Crippen LogP contribution in [0.15, 0.2) is 296 Å². The van der Waals surface area contributed by atoms with Gasteiger partial charge in [0.05, 0.1) is 106 Å². The number of nitrogens with zero attached hydrogens (tertiary/aromatic N) is 3. The van der Waals surface area contributed by atoms with E-state index in [1.807, 2.05) is 0 Å². The molecule has 0 bridgehead atoms. The summed E-state index contributed by atoms with van der Waals surface area (Å²) >= 11 is 0. The molecule has 0 aliphatic heterocycles. The molecule has 4 heteroatoms. The molecule has 15 aromatic rings. The number of para-hydroxylation sites is 5. The number of hydrogen-bond acceptors (Lipinski definition) is 0. The molecule has 0 N–H and O–H groups in total. The molecule has 12 aromatic carbocycles. The second-order valence-electron chi connectivity index (χ2n) is 16.3. The highest BCUT2D eigenvalue weighted by atomic mass is 28.3. The second-order valence-corrected chi connectivity index (χ2v) is 19.8. The van der Waals surface area contributed by atoms with E-state index in [-0.39, 0.29) is 0 Å². The van der Waals surface area contributed by atoms with Gasteiger partial charge in [0, 0.05) is 49.3 Å². The van der Waals surface area contributed by atoms with E-state index in [4.69, 9.17) is 23.3 Å². The number of fused-ring (bicyclic) bond motifs is 9. The van der Waals surface area contributed by atoms with Crippen LogP contribution in [0.4, 0.5) is 0 Å². The Kier molecular flexibility index (Phi) is 3.94. The predicted octanol–water partition coefficient (Wildman–Crippen LogP) is 15.7. The first-order chi connectivity index (χ1) is 58.1. The molecule has 15 rings (SSSR count). The van der Waals surface area contributed by atoms with E-state index in [0.717, 1.165) is 0 Å². The number of hydrogen-bond donors (Lipinski definition) is 0. The quantitative estimate of drug-likeness (QED) is 0.101. The standard InChI is InChI=1S/C72H49N3Si/c1-4-22-50(23-5-1)51-24-20-30-57(46-51)76(55-26-6-2-7-27-55,56-28-8-3-9-29-56)58-31-21-25-53(48-58)74-67-38-16-11-35-62(67)64-44-43-54(49-72(64)74)73-68-39-17-14-36-63(68)65-47-52(42-45-71(65)73)59-32-10-15-37-66(59)75-69-40-18-12-33-60(69)61-34-13-19-41-70(61)75/h1-49H/i1D,2D,3D,4D,5D,6D,7D,8D,9D,10D,11D,12D,13D,14D,15D,16D,17D,18D,19D,20D,21D,22D,23D,24D,25D,26D,27D,28D,29D,30D,31D,32D,33D,34D,35D,36D,37D,38D,39D,40D,41D,42D,43D,44D,45D,46D,47D,48D,49D. The predicted molar refractivity (Wildman–Crippen MR) is 324 cm³/mol. The largest absolute Gasteiger partial charge is 0.309 e. The first kappa shape index (κ1) is 16.9. The van der Waals surface area contributed by atoms with Gasteiger partial charge in [-0.15, -0.1) is 0 Å². The highest BCUT2D eigenvalue weighted by Gasteiger charge is 2.42. The van der Waals surface area contributed by atoms with Crippen LogP contribution in [0.3, 0.4) is 0 Å². The Labute approximate surface area is 510 Å². The zero-order valence-electron chi connectivity index (χ0n) is 86.8. The minimum absolute atomic E-state index is 0.346. The third-order valence-corrected chi connectivity index (χ3v) is 16.4. The van der Waals surface area contributed by atoms with Crippen molar-refractivity contribution in [1.29, 1.82) is 0 Å². The Balaban J connectivity index is 1.19. The summed E-state index contributed by atoms with van der Waals surface area (Å²) in [4.78, 5) is 0. The maximum atomic E-state index is 11.0. The number of benzene rings is 12. The molecule has 3 heterocycles. The van der Waals surface area contributed by atoms with Crippen molar-refractivity contribution < 1.29 is 67.2 Å². The molecular weight excluding hydrogens is 935 g/mol. The van der Waals surface area contributed by atoms with Crippen LogP contribution in [0, 0.1) is 0 Å². The Morgan fingerprint density at radius 1 is 0.237 bits per heavy atom. The molecule has 0 aliphatic carbocycles. The summed E-state index contributed by atoms with van der Waals surface area (Å²) in [6.45, 7) is 0. The van der Waals surface area contributed by atoms with Crippen LogP contribution in [0.1, 0.15) is 67.2 Å². The van der Waals surface area contributed by atoms with Crippen molar-refractivity contribution in [3.8, 4) is 39.3 Å². The SMILES string of the molecule is [2H]c1c([2H])c([2H])c(-c2c([2H])c([2H])c([2H])c([Si](c3c([2H])c([2H])c([2H])c([2H])c3[2H])(c3c([2H])c([2H])c([2H])c([2H])c3[2H])c3c([2H])c([2H])c([2H])c(-n4c5c([2H])c([2H])c([2H])c([2H])c5c5c([2H])c([2H])c(-n6c7c([2H])c([2H])c([2H])c([2H])c7c7c([2H])c(-c8c([2H])c([2H])c([2H])c([2H])c8-n8c9c([2H])c([2H])c([2H])c([2H])c9c9c([2H])c([2H])c([2H])c([2H])c98)c([2H])c([2H])c76)c([2H])c54)c3[2H])c2[2H])c([2H])c1[2H]. The van der Waals surface area contributed by atoms with Crippen LogP contribution >= 0.6 is 0 Å². The summed E-state index contributed by atoms with van der Waals surface area (Å²) in [7, 11) is -7.11. The second kappa shape index (κ2) is 17.7. The monoisotopic (exact) mass is 1030 g/mol. The van der Waals surface area contributed by atoms with Crippen molar-refractivity contribution in [2.24, 2.45) is 0 Å². The molecule has 0 atom stereocenters. The summed E-state index contributed by atoms with van der Waals surface area (Å²) in [6.07, 6.45) is 0. The van der Waals surface area contributed by atoms with Gasteiger partial charge in [-0.25, -0.2) is 0 Å². The van der Waals surface area contributed by atoms with Gasteiger partial charge in [0.2, 0.25) is 0 Å². The minimum atomic E-state index is -7.11. The summed E-state index contributed by atoms with van der Waals surface area (Å²) in [5, 5.41) is -11.1. The number of rotatable bonds is 9. The van der Waals surface area contributed by atoms with E-state index in [9.17, 15) is 43.9 Å². The Hall–Kier alpha value is -9.74. The zero-order valence-corrected chi connectivity index (χ0v) is 38.8. The van der Waals surface area contributed by atoms with Gasteiger partial charge in [0.15, 0.2) is 8.07 Å². The third kappa shape index (κ3) is 6.74. The fourth-order valence-electron chi connectivity index (χ4n) is 9.29. The molecule has 0 radical (unpaired) electrons. The number of aromatic nitrogens is 3. The molecular formula is C72H49N3Si. The van der Waals surface area contributed by atoms with Crippen LogP contribution < -0.4 is 20.7 Å². The first-order valence-electron chi connectivity index (χ1n) is 46.8. The van der Waals surface area contributed by atoms with Crippen molar-refractivity contribution in [1.82, 2.24) is 13.7 Å². The third-order valence-electron chi connectivity index (χ3n) is 12.4. The van der Waals surface area contributed by atoms with Gasteiger partial charge in [-0.2, -0.15) is 0 Å². The van der Waals surface area contributed by atoms with Crippen molar-refractivity contribution in [3.63, 3.8) is 0 Å². The van der Waals surface area contributed by atoms with Gasteiger partial charge in [-0.3, -0.25) is 0 Å². The summed E-state index contributed by atoms with van der Waals surface area (Å²) in [5.41, 5.74) is -14.3. The topological polar surface area (TPSA) is 14.8 Å². The van der Waals surface area contributed by atoms with Gasteiger partial charge in [-0.1, -0.05) is 230 Å². The molecule has 0 unspecified atom stereocenters. The summed E-state index contributed by atoms with van der Waals surface area (Å²) < 4.78 is 468. The smallest absolute Gasteiger partial charge is 0.179 e. The van der Waals surface area contributed by atoms with Crippen LogP contribution in [-0.4, -0.2) is 21.8 Å². The van der Waals surface area contributed by atoms with Crippen LogP contribution in [0.2, 0.25) is 0 Å². The maximum Gasteiger partial charge on any atom is 0.179 e. The molecule has 3 nitrogen and oxygen atoms in total. The van der Waals surface area contributed by atoms with E-state index in [0.29, 0.717) is 13.7 Å². The lowest BCUT2D eigenvalue weighted by atomic mass is 10.0. The fraction of sp³-hybridized carbons (Fsp3) is 0. The van der Waals surface area contributed by atoms with E-state index in [2.05, 4.69) is 0 Å². The van der Waals surface area contributed by atoms with Crippen LogP contribution in [-0.2, 0) is 0 Å². The van der Waals surface area contributed by atoms with Crippen LogP contribution in [0.5, 0.6) is 0 Å². The maximum absolute atomic E-state index is 11.0. The molecule has 0 amide bonds. The highest BCUT2D eigenvalue weighted by molar-refractivity contribution is 7.20. The van der Waals surface area contributed by atoms with Gasteiger partial charge in [0.25, 0.3) is 0 Å². The van der Waals surface area contributed by atoms with Crippen molar-refractivity contribution in [2.75, 3.05) is 0 Å². The van der Waals surface area contributed by atoms with Crippen molar-refractivity contribution >= 4 is 94.2 Å². The van der Waals surface area contributed by atoms with Gasteiger partial charge < -0.3 is 13.7 Å².